The first kappa shape index (κ1) is 13.1. The van der Waals surface area contributed by atoms with Crippen LogP contribution in [0.25, 0.3) is 0 Å². The predicted octanol–water partition coefficient (Wildman–Crippen LogP) is 0.751. The van der Waals surface area contributed by atoms with Crippen molar-refractivity contribution in [1.29, 1.82) is 0 Å². The summed E-state index contributed by atoms with van der Waals surface area (Å²) in [4.78, 5) is 16.7. The fourth-order valence-electron chi connectivity index (χ4n) is 2.86. The lowest BCUT2D eigenvalue weighted by Gasteiger charge is -2.18. The van der Waals surface area contributed by atoms with E-state index in [4.69, 9.17) is 0 Å². The maximum atomic E-state index is 12.2. The lowest BCUT2D eigenvalue weighted by molar-refractivity contribution is 0.0958. The molecule has 0 aromatic carbocycles. The number of rotatable bonds is 2. The first-order chi connectivity index (χ1) is 9.52. The SMILES string of the molecule is Cc1cc(C(=O)NC2=CC3CC(C)NC3N=C2)n(C)n1. The Morgan fingerprint density at radius 3 is 3.05 bits per heavy atom. The molecule has 0 saturated carbocycles. The van der Waals surface area contributed by atoms with Crippen LogP contribution in [0.4, 0.5) is 0 Å². The van der Waals surface area contributed by atoms with E-state index in [-0.39, 0.29) is 12.1 Å². The molecule has 2 aliphatic heterocycles. The Morgan fingerprint density at radius 1 is 1.55 bits per heavy atom. The third kappa shape index (κ3) is 2.38. The van der Waals surface area contributed by atoms with Gasteiger partial charge in [0.2, 0.25) is 0 Å². The quantitative estimate of drug-likeness (QED) is 0.835. The minimum atomic E-state index is -0.150. The molecule has 1 saturated heterocycles. The molecule has 2 N–H and O–H groups in total. The summed E-state index contributed by atoms with van der Waals surface area (Å²) in [6.45, 7) is 4.02. The van der Waals surface area contributed by atoms with Crippen molar-refractivity contribution in [3.05, 3.63) is 29.2 Å². The molecule has 106 valence electrons. The molecule has 1 aromatic rings. The highest BCUT2D eigenvalue weighted by Gasteiger charge is 2.31. The number of hydrogen-bond donors (Lipinski definition) is 2. The number of aliphatic imine (C=N–C) groups is 1. The highest BCUT2D eigenvalue weighted by molar-refractivity contribution is 5.97. The number of carbonyl (C=O) groups excluding carboxylic acids is 1. The van der Waals surface area contributed by atoms with E-state index in [0.29, 0.717) is 17.7 Å². The summed E-state index contributed by atoms with van der Waals surface area (Å²) in [6, 6.07) is 2.24. The van der Waals surface area contributed by atoms with E-state index in [0.717, 1.165) is 17.8 Å². The second-order valence-electron chi connectivity index (χ2n) is 5.56. The molecular weight excluding hydrogens is 254 g/mol. The largest absolute Gasteiger partial charge is 0.320 e. The fraction of sp³-hybridized carbons (Fsp3) is 0.500. The van der Waals surface area contributed by atoms with Crippen LogP contribution in [0.5, 0.6) is 0 Å². The Labute approximate surface area is 118 Å². The molecule has 3 unspecified atom stereocenters. The molecule has 1 aromatic heterocycles. The zero-order valence-electron chi connectivity index (χ0n) is 11.9. The van der Waals surface area contributed by atoms with Crippen molar-refractivity contribution in [3.63, 3.8) is 0 Å². The van der Waals surface area contributed by atoms with Gasteiger partial charge in [0.1, 0.15) is 11.9 Å². The van der Waals surface area contributed by atoms with Crippen molar-refractivity contribution in [1.82, 2.24) is 20.4 Å². The molecule has 3 heterocycles. The lowest BCUT2D eigenvalue weighted by atomic mass is 10.0. The van der Waals surface area contributed by atoms with Crippen molar-refractivity contribution in [2.45, 2.75) is 32.5 Å². The second kappa shape index (κ2) is 4.86. The van der Waals surface area contributed by atoms with Crippen LogP contribution in [0, 0.1) is 12.8 Å². The van der Waals surface area contributed by atoms with Crippen LogP contribution in [0.15, 0.2) is 22.8 Å². The second-order valence-corrected chi connectivity index (χ2v) is 5.56. The van der Waals surface area contributed by atoms with Gasteiger partial charge in [-0.05, 0) is 26.3 Å². The van der Waals surface area contributed by atoms with Crippen molar-refractivity contribution >= 4 is 12.1 Å². The van der Waals surface area contributed by atoms with Crippen molar-refractivity contribution in [2.75, 3.05) is 0 Å². The van der Waals surface area contributed by atoms with Gasteiger partial charge in [0.25, 0.3) is 5.91 Å². The molecule has 1 fully saturated rings. The predicted molar refractivity (Wildman–Crippen MR) is 76.5 cm³/mol. The third-order valence-corrected chi connectivity index (χ3v) is 3.75. The van der Waals surface area contributed by atoms with Gasteiger partial charge in [-0.1, -0.05) is 6.08 Å². The Kier molecular flexibility index (Phi) is 3.17. The molecule has 3 atom stereocenters. The molecule has 1 amide bonds. The van der Waals surface area contributed by atoms with Crippen LogP contribution in [0.3, 0.4) is 0 Å². The van der Waals surface area contributed by atoms with Gasteiger partial charge in [-0.15, -0.1) is 0 Å². The molecule has 0 bridgehead atoms. The summed E-state index contributed by atoms with van der Waals surface area (Å²) in [6.07, 6.45) is 5.03. The van der Waals surface area contributed by atoms with Gasteiger partial charge in [0.05, 0.1) is 11.4 Å². The molecule has 2 aliphatic rings. The standard InChI is InChI=1S/C14H19N5O/c1-8-4-10-6-11(7-15-13(10)16-8)17-14(20)12-5-9(2)18-19(12)3/h5-8,10,13,16H,4H2,1-3H3,(H,17,20). The highest BCUT2D eigenvalue weighted by atomic mass is 16.2. The van der Waals surface area contributed by atoms with E-state index in [1.54, 1.807) is 24.0 Å². The summed E-state index contributed by atoms with van der Waals surface area (Å²) in [5.74, 6) is 0.210. The summed E-state index contributed by atoms with van der Waals surface area (Å²) in [5.41, 5.74) is 2.15. The van der Waals surface area contributed by atoms with E-state index in [9.17, 15) is 4.79 Å². The van der Waals surface area contributed by atoms with E-state index in [1.165, 1.54) is 0 Å². The highest BCUT2D eigenvalue weighted by Crippen LogP contribution is 2.25. The average Bonchev–Trinajstić information content (AvgIpc) is 2.90. The molecule has 0 spiro atoms. The maximum absolute atomic E-state index is 12.2. The number of nitrogens with one attached hydrogen (secondary N) is 2. The van der Waals surface area contributed by atoms with Gasteiger partial charge >= 0.3 is 0 Å². The number of aryl methyl sites for hydroxylation is 2. The first-order valence-corrected chi connectivity index (χ1v) is 6.86. The first-order valence-electron chi connectivity index (χ1n) is 6.86. The Balaban J connectivity index is 1.72. The van der Waals surface area contributed by atoms with Gasteiger partial charge in [-0.25, -0.2) is 0 Å². The van der Waals surface area contributed by atoms with Crippen LogP contribution in [-0.2, 0) is 7.05 Å². The molecule has 3 rings (SSSR count). The van der Waals surface area contributed by atoms with E-state index < -0.39 is 0 Å². The zero-order valence-corrected chi connectivity index (χ0v) is 11.9. The number of carbonyl (C=O) groups is 1. The van der Waals surface area contributed by atoms with Crippen LogP contribution in [0.1, 0.15) is 29.5 Å². The number of dihydropyridines is 1. The lowest BCUT2D eigenvalue weighted by Crippen LogP contribution is -2.33. The topological polar surface area (TPSA) is 71.3 Å². The van der Waals surface area contributed by atoms with Crippen molar-refractivity contribution in [2.24, 2.45) is 18.0 Å². The zero-order chi connectivity index (χ0) is 14.3. The summed E-state index contributed by atoms with van der Waals surface area (Å²) in [7, 11) is 1.77. The van der Waals surface area contributed by atoms with Gasteiger partial charge < -0.3 is 5.32 Å². The summed E-state index contributed by atoms with van der Waals surface area (Å²) >= 11 is 0. The monoisotopic (exact) mass is 273 g/mol. The third-order valence-electron chi connectivity index (χ3n) is 3.75. The smallest absolute Gasteiger partial charge is 0.273 e. The number of fused-ring (bicyclic) bond motifs is 1. The van der Waals surface area contributed by atoms with Gasteiger partial charge in [-0.2, -0.15) is 5.10 Å². The van der Waals surface area contributed by atoms with Crippen LogP contribution in [0.2, 0.25) is 0 Å². The number of aromatic nitrogens is 2. The molecule has 6 heteroatoms. The molecular formula is C14H19N5O. The van der Waals surface area contributed by atoms with Gasteiger partial charge in [0, 0.05) is 25.2 Å². The molecule has 0 aliphatic carbocycles. The fourth-order valence-corrected chi connectivity index (χ4v) is 2.86. The Hall–Kier alpha value is -1.95. The van der Waals surface area contributed by atoms with E-state index in [1.807, 2.05) is 6.92 Å². The molecule has 0 radical (unpaired) electrons. The molecule has 20 heavy (non-hydrogen) atoms. The number of allylic oxidation sites excluding steroid dienone is 1. The van der Waals surface area contributed by atoms with E-state index in [2.05, 4.69) is 33.7 Å². The van der Waals surface area contributed by atoms with Crippen LogP contribution in [-0.4, -0.2) is 34.1 Å². The summed E-state index contributed by atoms with van der Waals surface area (Å²) in [5, 5.41) is 10.5. The number of amides is 1. The van der Waals surface area contributed by atoms with Gasteiger partial charge in [0.15, 0.2) is 0 Å². The average molecular weight is 273 g/mol. The van der Waals surface area contributed by atoms with Crippen LogP contribution >= 0.6 is 0 Å². The minimum absolute atomic E-state index is 0.150. The summed E-state index contributed by atoms with van der Waals surface area (Å²) < 4.78 is 1.59. The Morgan fingerprint density at radius 2 is 2.35 bits per heavy atom. The van der Waals surface area contributed by atoms with Gasteiger partial charge in [-0.3, -0.25) is 19.8 Å². The number of nitrogens with zero attached hydrogens (tertiary/aromatic N) is 3. The number of hydrogen-bond acceptors (Lipinski definition) is 4. The normalized spacial score (nSPS) is 28.1. The maximum Gasteiger partial charge on any atom is 0.273 e. The van der Waals surface area contributed by atoms with E-state index >= 15 is 0 Å². The minimum Gasteiger partial charge on any atom is -0.320 e. The van der Waals surface area contributed by atoms with Crippen molar-refractivity contribution in [3.8, 4) is 0 Å². The van der Waals surface area contributed by atoms with Crippen molar-refractivity contribution < 1.29 is 4.79 Å². The Bertz CT molecular complexity index is 601. The molecule has 6 nitrogen and oxygen atoms in total. The van der Waals surface area contributed by atoms with Crippen LogP contribution < -0.4 is 10.6 Å².